The van der Waals surface area contributed by atoms with Crippen LogP contribution in [0.15, 0.2) is 53.6 Å². The minimum atomic E-state index is -3.49. The standard InChI is InChI=1S/C19H21N3O4S/c1-14-2-6-17(7-3-14)27(25,26)22-11-10-16(13-22)21-18-8-4-15(12-20-18)5-9-19(23)24/h2-9,12,16H,10-11,13H2,1H3,(H,20,21)(H,23,24)/t16-/m1/s1. The smallest absolute Gasteiger partial charge is 0.328 e. The van der Waals surface area contributed by atoms with E-state index in [1.54, 1.807) is 42.6 Å². The number of hydrogen-bond donors (Lipinski definition) is 2. The molecule has 0 spiro atoms. The molecule has 0 saturated carbocycles. The van der Waals surface area contributed by atoms with Crippen LogP contribution in [-0.4, -0.2) is 47.9 Å². The maximum atomic E-state index is 12.7. The van der Waals surface area contributed by atoms with Gasteiger partial charge in [-0.15, -0.1) is 0 Å². The number of aromatic nitrogens is 1. The molecule has 0 aliphatic carbocycles. The molecule has 142 valence electrons. The summed E-state index contributed by atoms with van der Waals surface area (Å²) in [6.45, 7) is 2.74. The number of carboxylic acids is 1. The van der Waals surface area contributed by atoms with Gasteiger partial charge >= 0.3 is 5.97 Å². The van der Waals surface area contributed by atoms with Gasteiger partial charge in [0, 0.05) is 31.4 Å². The molecular formula is C19H21N3O4S. The van der Waals surface area contributed by atoms with Crippen molar-refractivity contribution in [3.63, 3.8) is 0 Å². The molecule has 0 unspecified atom stereocenters. The van der Waals surface area contributed by atoms with Crippen molar-refractivity contribution in [2.24, 2.45) is 0 Å². The lowest BCUT2D eigenvalue weighted by Gasteiger charge is -2.17. The number of carboxylic acid groups (broad SMARTS) is 1. The van der Waals surface area contributed by atoms with Crippen LogP contribution in [0.3, 0.4) is 0 Å². The van der Waals surface area contributed by atoms with E-state index in [1.807, 2.05) is 6.92 Å². The van der Waals surface area contributed by atoms with E-state index in [-0.39, 0.29) is 6.04 Å². The lowest BCUT2D eigenvalue weighted by molar-refractivity contribution is -0.131. The third kappa shape index (κ3) is 4.72. The highest BCUT2D eigenvalue weighted by Crippen LogP contribution is 2.23. The molecule has 0 bridgehead atoms. The monoisotopic (exact) mass is 387 g/mol. The molecule has 3 rings (SSSR count). The molecule has 1 aromatic carbocycles. The summed E-state index contributed by atoms with van der Waals surface area (Å²) in [5.41, 5.74) is 1.69. The quantitative estimate of drug-likeness (QED) is 0.738. The van der Waals surface area contributed by atoms with E-state index < -0.39 is 16.0 Å². The minimum absolute atomic E-state index is 0.0295. The van der Waals surface area contributed by atoms with Crippen LogP contribution in [0.1, 0.15) is 17.5 Å². The van der Waals surface area contributed by atoms with Gasteiger partial charge in [-0.3, -0.25) is 0 Å². The number of sulfonamides is 1. The Morgan fingerprint density at radius 1 is 1.26 bits per heavy atom. The fraction of sp³-hybridized carbons (Fsp3) is 0.263. The minimum Gasteiger partial charge on any atom is -0.478 e. The lowest BCUT2D eigenvalue weighted by Crippen LogP contribution is -2.31. The first-order valence-electron chi connectivity index (χ1n) is 8.55. The number of carbonyl (C=O) groups is 1. The van der Waals surface area contributed by atoms with Crippen LogP contribution in [0.5, 0.6) is 0 Å². The van der Waals surface area contributed by atoms with E-state index in [2.05, 4.69) is 10.3 Å². The van der Waals surface area contributed by atoms with Crippen LogP contribution >= 0.6 is 0 Å². The number of anilines is 1. The van der Waals surface area contributed by atoms with Gasteiger partial charge in [0.1, 0.15) is 5.82 Å². The summed E-state index contributed by atoms with van der Waals surface area (Å²) in [6.07, 6.45) is 4.77. The second-order valence-corrected chi connectivity index (χ2v) is 8.39. The molecule has 2 heterocycles. The van der Waals surface area contributed by atoms with Crippen LogP contribution in [0.4, 0.5) is 5.82 Å². The van der Waals surface area contributed by atoms with Gasteiger partial charge in [0.15, 0.2) is 0 Å². The average Bonchev–Trinajstić information content (AvgIpc) is 3.11. The number of pyridine rings is 1. The molecule has 1 aliphatic heterocycles. The van der Waals surface area contributed by atoms with E-state index >= 15 is 0 Å². The zero-order chi connectivity index (χ0) is 19.4. The Bertz CT molecular complexity index is 938. The van der Waals surface area contributed by atoms with Crippen molar-refractivity contribution in [2.75, 3.05) is 18.4 Å². The topological polar surface area (TPSA) is 99.6 Å². The molecule has 27 heavy (non-hydrogen) atoms. The summed E-state index contributed by atoms with van der Waals surface area (Å²) in [5.74, 6) is -0.389. The molecule has 0 amide bonds. The Balaban J connectivity index is 1.62. The van der Waals surface area contributed by atoms with Crippen molar-refractivity contribution in [3.8, 4) is 0 Å². The van der Waals surface area contributed by atoms with Gasteiger partial charge in [-0.05, 0) is 49.2 Å². The van der Waals surface area contributed by atoms with Crippen LogP contribution < -0.4 is 5.32 Å². The molecule has 1 atom stereocenters. The van der Waals surface area contributed by atoms with Gasteiger partial charge in [0.05, 0.1) is 4.90 Å². The van der Waals surface area contributed by atoms with Gasteiger partial charge in [-0.2, -0.15) is 4.31 Å². The highest BCUT2D eigenvalue weighted by Gasteiger charge is 2.32. The SMILES string of the molecule is Cc1ccc(S(=O)(=O)N2CC[C@@H](Nc3ccc(C=CC(=O)O)cn3)C2)cc1. The van der Waals surface area contributed by atoms with E-state index in [4.69, 9.17) is 5.11 Å². The fourth-order valence-corrected chi connectivity index (χ4v) is 4.39. The fourth-order valence-electron chi connectivity index (χ4n) is 2.89. The summed E-state index contributed by atoms with van der Waals surface area (Å²) in [7, 11) is -3.49. The number of nitrogens with one attached hydrogen (secondary N) is 1. The number of nitrogens with zero attached hydrogens (tertiary/aromatic N) is 2. The molecule has 2 aromatic rings. The summed E-state index contributed by atoms with van der Waals surface area (Å²) < 4.78 is 27.0. The third-order valence-electron chi connectivity index (χ3n) is 4.37. The lowest BCUT2D eigenvalue weighted by atomic mass is 10.2. The first-order valence-corrected chi connectivity index (χ1v) is 9.99. The Morgan fingerprint density at radius 3 is 2.63 bits per heavy atom. The highest BCUT2D eigenvalue weighted by molar-refractivity contribution is 7.89. The Hall–Kier alpha value is -2.71. The largest absolute Gasteiger partial charge is 0.478 e. The van der Waals surface area contributed by atoms with E-state index in [0.717, 1.165) is 11.6 Å². The molecule has 2 N–H and O–H groups in total. The number of rotatable bonds is 6. The summed E-state index contributed by atoms with van der Waals surface area (Å²) >= 11 is 0. The van der Waals surface area contributed by atoms with Crippen molar-refractivity contribution < 1.29 is 18.3 Å². The predicted molar refractivity (Wildman–Crippen MR) is 103 cm³/mol. The van der Waals surface area contributed by atoms with Gasteiger partial charge in [-0.25, -0.2) is 18.2 Å². The molecule has 1 aromatic heterocycles. The van der Waals surface area contributed by atoms with Crippen molar-refractivity contribution in [2.45, 2.75) is 24.3 Å². The number of hydrogen-bond acceptors (Lipinski definition) is 5. The second kappa shape index (κ2) is 7.89. The van der Waals surface area contributed by atoms with Crippen LogP contribution in [0, 0.1) is 6.92 Å². The first kappa shape index (κ1) is 19.1. The summed E-state index contributed by atoms with van der Waals surface area (Å²) in [6, 6.07) is 10.3. The van der Waals surface area contributed by atoms with Crippen LogP contribution in [0.2, 0.25) is 0 Å². The van der Waals surface area contributed by atoms with Crippen LogP contribution in [0.25, 0.3) is 6.08 Å². The first-order chi connectivity index (χ1) is 12.8. The third-order valence-corrected chi connectivity index (χ3v) is 6.25. The Labute approximate surface area is 158 Å². The maximum absolute atomic E-state index is 12.7. The van der Waals surface area contributed by atoms with E-state index in [0.29, 0.717) is 35.8 Å². The zero-order valence-corrected chi connectivity index (χ0v) is 15.7. The van der Waals surface area contributed by atoms with Crippen molar-refractivity contribution in [1.29, 1.82) is 0 Å². The highest BCUT2D eigenvalue weighted by atomic mass is 32.2. The Morgan fingerprint density at radius 2 is 2.00 bits per heavy atom. The summed E-state index contributed by atoms with van der Waals surface area (Å²) in [5, 5.41) is 11.9. The Kier molecular flexibility index (Phi) is 5.57. The van der Waals surface area contributed by atoms with Gasteiger partial charge in [0.25, 0.3) is 0 Å². The molecule has 1 fully saturated rings. The van der Waals surface area contributed by atoms with Gasteiger partial charge in [-0.1, -0.05) is 17.7 Å². The van der Waals surface area contributed by atoms with Crippen molar-refractivity contribution >= 4 is 27.9 Å². The van der Waals surface area contributed by atoms with Gasteiger partial charge < -0.3 is 10.4 Å². The number of aryl methyl sites for hydroxylation is 1. The molecule has 1 aliphatic rings. The molecule has 1 saturated heterocycles. The second-order valence-electron chi connectivity index (χ2n) is 6.45. The number of aliphatic carboxylic acids is 1. The van der Waals surface area contributed by atoms with E-state index in [9.17, 15) is 13.2 Å². The molecular weight excluding hydrogens is 366 g/mol. The van der Waals surface area contributed by atoms with E-state index in [1.165, 1.54) is 10.4 Å². The summed E-state index contributed by atoms with van der Waals surface area (Å²) in [4.78, 5) is 15.1. The zero-order valence-electron chi connectivity index (χ0n) is 14.9. The average molecular weight is 387 g/mol. The molecule has 0 radical (unpaired) electrons. The van der Waals surface area contributed by atoms with Gasteiger partial charge in [0.2, 0.25) is 10.0 Å². The van der Waals surface area contributed by atoms with Crippen molar-refractivity contribution in [1.82, 2.24) is 9.29 Å². The predicted octanol–water partition coefficient (Wildman–Crippen LogP) is 2.36. The normalized spacial score (nSPS) is 18.0. The number of benzene rings is 1. The van der Waals surface area contributed by atoms with Crippen LogP contribution in [-0.2, 0) is 14.8 Å². The molecule has 8 heteroatoms. The maximum Gasteiger partial charge on any atom is 0.328 e. The molecule has 7 nitrogen and oxygen atoms in total. The van der Waals surface area contributed by atoms with Crippen molar-refractivity contribution in [3.05, 3.63) is 59.8 Å².